The Morgan fingerprint density at radius 2 is 1.89 bits per heavy atom. The van der Waals surface area contributed by atoms with Gasteiger partial charge in [0.25, 0.3) is 0 Å². The van der Waals surface area contributed by atoms with Crippen LogP contribution in [0.5, 0.6) is 5.88 Å². The molecule has 1 unspecified atom stereocenters. The van der Waals surface area contributed by atoms with Gasteiger partial charge in [0.1, 0.15) is 12.4 Å². The van der Waals surface area contributed by atoms with Crippen molar-refractivity contribution in [1.82, 2.24) is 29.2 Å². The topological polar surface area (TPSA) is 108 Å². The van der Waals surface area contributed by atoms with Gasteiger partial charge in [0.2, 0.25) is 5.88 Å². The second-order valence-corrected chi connectivity index (χ2v) is 12.3. The zero-order chi connectivity index (χ0) is 30.2. The maximum Gasteiger partial charge on any atom is 0.335 e. The zero-order valence-electron chi connectivity index (χ0n) is 25.2. The molecule has 0 aliphatic carbocycles. The van der Waals surface area contributed by atoms with Crippen LogP contribution in [0.25, 0.3) is 21.9 Å². The number of ether oxygens (including phenoxy) is 2. The number of imidazole rings is 1. The van der Waals surface area contributed by atoms with Crippen LogP contribution in [0.1, 0.15) is 72.5 Å². The van der Waals surface area contributed by atoms with E-state index in [9.17, 15) is 9.90 Å². The third-order valence-electron chi connectivity index (χ3n) is 8.88. The maximum absolute atomic E-state index is 11.6. The molecule has 0 bridgehead atoms. The Labute approximate surface area is 256 Å². The number of carboxylic acid groups (broad SMARTS) is 1. The van der Waals surface area contributed by atoms with Crippen LogP contribution in [0.4, 0.5) is 0 Å². The number of hydrogen-bond donors (Lipinski definition) is 1. The molecule has 0 radical (unpaired) electrons. The lowest BCUT2D eigenvalue weighted by Gasteiger charge is -2.32. The van der Waals surface area contributed by atoms with Gasteiger partial charge in [-0.25, -0.2) is 14.8 Å². The van der Waals surface area contributed by atoms with Crippen molar-refractivity contribution in [2.45, 2.75) is 70.9 Å². The second kappa shape index (κ2) is 12.0. The highest BCUT2D eigenvalue weighted by molar-refractivity contribution is 5.92. The van der Waals surface area contributed by atoms with E-state index in [0.29, 0.717) is 37.5 Å². The van der Waals surface area contributed by atoms with Gasteiger partial charge in [-0.05, 0) is 82.1 Å². The average Bonchev–Trinajstić information content (AvgIpc) is 3.59. The van der Waals surface area contributed by atoms with Gasteiger partial charge in [0.15, 0.2) is 0 Å². The van der Waals surface area contributed by atoms with E-state index >= 15 is 0 Å². The van der Waals surface area contributed by atoms with Crippen molar-refractivity contribution in [3.63, 3.8) is 0 Å². The summed E-state index contributed by atoms with van der Waals surface area (Å²) in [6.07, 6.45) is 5.25. The second-order valence-electron chi connectivity index (χ2n) is 12.3. The van der Waals surface area contributed by atoms with Gasteiger partial charge >= 0.3 is 5.97 Å². The number of fused-ring (bicyclic) bond motifs is 2. The fourth-order valence-electron chi connectivity index (χ4n) is 6.18. The van der Waals surface area contributed by atoms with Crippen molar-refractivity contribution in [1.29, 1.82) is 0 Å². The number of rotatable bonds is 10. The molecule has 44 heavy (non-hydrogen) atoms. The first-order valence-electron chi connectivity index (χ1n) is 15.5. The lowest BCUT2D eigenvalue weighted by Crippen LogP contribution is -2.35. The van der Waals surface area contributed by atoms with Crippen molar-refractivity contribution >= 4 is 27.9 Å². The summed E-state index contributed by atoms with van der Waals surface area (Å²) in [5, 5.41) is 15.4. The Morgan fingerprint density at radius 1 is 1.05 bits per heavy atom. The normalized spacial score (nSPS) is 17.8. The SMILES string of the molecule is CC(C)n1cc2ccc(COc3cccc(C4CCN(Cc5nc6ccc(C(=O)O)cc6n5CC5CCO5)CC4)n3)cc2n1. The monoisotopic (exact) mass is 594 g/mol. The molecule has 2 saturated heterocycles. The van der Waals surface area contributed by atoms with Crippen LogP contribution < -0.4 is 4.74 Å². The van der Waals surface area contributed by atoms with Crippen LogP contribution in [-0.2, 0) is 24.4 Å². The number of aromatic nitrogens is 5. The van der Waals surface area contributed by atoms with Gasteiger partial charge in [-0.3, -0.25) is 9.58 Å². The number of aromatic carboxylic acids is 1. The number of carbonyl (C=O) groups is 1. The lowest BCUT2D eigenvalue weighted by atomic mass is 9.93. The van der Waals surface area contributed by atoms with E-state index < -0.39 is 5.97 Å². The summed E-state index contributed by atoms with van der Waals surface area (Å²) >= 11 is 0. The Bertz CT molecular complexity index is 1800. The summed E-state index contributed by atoms with van der Waals surface area (Å²) in [7, 11) is 0. The average molecular weight is 595 g/mol. The third-order valence-corrected chi connectivity index (χ3v) is 8.88. The smallest absolute Gasteiger partial charge is 0.335 e. The fraction of sp³-hybridized carbons (Fsp3) is 0.412. The number of pyridine rings is 1. The summed E-state index contributed by atoms with van der Waals surface area (Å²) in [6, 6.07) is 17.8. The van der Waals surface area contributed by atoms with E-state index in [1.807, 2.05) is 22.9 Å². The largest absolute Gasteiger partial charge is 0.478 e. The van der Waals surface area contributed by atoms with E-state index in [2.05, 4.69) is 58.9 Å². The highest BCUT2D eigenvalue weighted by Crippen LogP contribution is 2.30. The molecule has 2 aliphatic rings. The number of piperidine rings is 1. The Morgan fingerprint density at radius 3 is 2.64 bits per heavy atom. The molecular weight excluding hydrogens is 556 g/mol. The zero-order valence-corrected chi connectivity index (χ0v) is 25.2. The van der Waals surface area contributed by atoms with Crippen LogP contribution in [-0.4, -0.2) is 66.1 Å². The molecule has 0 saturated carbocycles. The molecule has 228 valence electrons. The van der Waals surface area contributed by atoms with E-state index in [4.69, 9.17) is 19.4 Å². The Balaban J connectivity index is 0.989. The maximum atomic E-state index is 11.6. The number of nitrogens with zero attached hydrogens (tertiary/aromatic N) is 6. The molecule has 10 nitrogen and oxygen atoms in total. The molecular formula is C34H38N6O4. The summed E-state index contributed by atoms with van der Waals surface area (Å²) in [4.78, 5) is 23.9. The van der Waals surface area contributed by atoms with E-state index in [-0.39, 0.29) is 11.7 Å². The van der Waals surface area contributed by atoms with Gasteiger partial charge in [-0.15, -0.1) is 0 Å². The van der Waals surface area contributed by atoms with Crippen molar-refractivity contribution in [3.8, 4) is 5.88 Å². The number of benzene rings is 2. The van der Waals surface area contributed by atoms with E-state index in [0.717, 1.165) is 78.0 Å². The van der Waals surface area contributed by atoms with E-state index in [1.54, 1.807) is 12.1 Å². The first-order valence-corrected chi connectivity index (χ1v) is 15.5. The summed E-state index contributed by atoms with van der Waals surface area (Å²) < 4.78 is 16.0. The van der Waals surface area contributed by atoms with E-state index in [1.165, 1.54) is 0 Å². The molecule has 1 atom stereocenters. The highest BCUT2D eigenvalue weighted by atomic mass is 16.5. The van der Waals surface area contributed by atoms with Crippen LogP contribution in [0, 0.1) is 0 Å². The predicted octanol–water partition coefficient (Wildman–Crippen LogP) is 5.81. The number of hydrogen-bond acceptors (Lipinski definition) is 7. The molecule has 5 heterocycles. The Hall–Kier alpha value is -4.28. The van der Waals surface area contributed by atoms with Crippen molar-refractivity contribution in [2.24, 2.45) is 0 Å². The van der Waals surface area contributed by atoms with Gasteiger partial charge in [-0.1, -0.05) is 18.2 Å². The van der Waals surface area contributed by atoms with Crippen molar-refractivity contribution in [2.75, 3.05) is 19.7 Å². The molecule has 7 rings (SSSR count). The van der Waals surface area contributed by atoms with Crippen molar-refractivity contribution < 1.29 is 19.4 Å². The molecule has 1 N–H and O–H groups in total. The minimum Gasteiger partial charge on any atom is -0.478 e. The number of carboxylic acids is 1. The number of likely N-dealkylation sites (tertiary alicyclic amines) is 1. The van der Waals surface area contributed by atoms with Crippen LogP contribution in [0.3, 0.4) is 0 Å². The standard InChI is InChI=1S/C34H38N6O4/c1-22(2)40-18-26-7-6-23(16-30(26)37-40)21-44-33-5-3-4-28(36-33)24-10-13-38(14-11-24)20-32-35-29-9-8-25(34(41)42)17-31(29)39(32)19-27-12-15-43-27/h3-9,16-18,22,24,27H,10-15,19-21H2,1-2H3,(H,41,42). The van der Waals surface area contributed by atoms with Gasteiger partial charge < -0.3 is 19.1 Å². The fourth-order valence-corrected chi connectivity index (χ4v) is 6.18. The lowest BCUT2D eigenvalue weighted by molar-refractivity contribution is -0.0592. The Kier molecular flexibility index (Phi) is 7.78. The van der Waals surface area contributed by atoms with Gasteiger partial charge in [0, 0.05) is 41.9 Å². The molecule has 10 heteroatoms. The molecule has 0 amide bonds. The third kappa shape index (κ3) is 5.92. The molecule has 2 fully saturated rings. The quantitative estimate of drug-likeness (QED) is 0.216. The molecule has 0 spiro atoms. The summed E-state index contributed by atoms with van der Waals surface area (Å²) in [6.45, 7) is 8.75. The van der Waals surface area contributed by atoms with Crippen LogP contribution in [0.2, 0.25) is 0 Å². The first-order chi connectivity index (χ1) is 21.4. The molecule has 2 aromatic carbocycles. The first kappa shape index (κ1) is 28.5. The van der Waals surface area contributed by atoms with Gasteiger partial charge in [-0.2, -0.15) is 5.10 Å². The molecule has 3 aromatic heterocycles. The minimum absolute atomic E-state index is 0.150. The summed E-state index contributed by atoms with van der Waals surface area (Å²) in [5.41, 5.74) is 5.08. The van der Waals surface area contributed by atoms with Crippen LogP contribution >= 0.6 is 0 Å². The highest BCUT2D eigenvalue weighted by Gasteiger charge is 2.26. The molecule has 5 aromatic rings. The van der Waals surface area contributed by atoms with Gasteiger partial charge in [0.05, 0.1) is 41.3 Å². The predicted molar refractivity (Wildman–Crippen MR) is 167 cm³/mol. The van der Waals surface area contributed by atoms with Crippen LogP contribution in [0.15, 0.2) is 60.8 Å². The molecule has 2 aliphatic heterocycles. The minimum atomic E-state index is -0.928. The van der Waals surface area contributed by atoms with Crippen molar-refractivity contribution in [3.05, 3.63) is 83.4 Å². The summed E-state index contributed by atoms with van der Waals surface area (Å²) in [5.74, 6) is 1.04.